The predicted molar refractivity (Wildman–Crippen MR) is 52.0 cm³/mol. The van der Waals surface area contributed by atoms with Crippen molar-refractivity contribution in [3.05, 3.63) is 36.0 Å². The number of rotatable bonds is 1. The maximum absolute atomic E-state index is 9.60. The van der Waals surface area contributed by atoms with E-state index >= 15 is 0 Å². The molecule has 0 saturated carbocycles. The summed E-state index contributed by atoms with van der Waals surface area (Å²) in [6, 6.07) is 0. The van der Waals surface area contributed by atoms with Gasteiger partial charge in [0.1, 0.15) is 0 Å². The maximum Gasteiger partial charge on any atom is 0.0728 e. The molecule has 5 atom stereocenters. The molecular formula is C12H14O. The fraction of sp³-hybridized carbons (Fsp3) is 0.500. The zero-order chi connectivity index (χ0) is 9.00. The lowest BCUT2D eigenvalue weighted by Gasteiger charge is -2.18. The van der Waals surface area contributed by atoms with Crippen LogP contribution in [-0.4, -0.2) is 11.2 Å². The van der Waals surface area contributed by atoms with E-state index in [1.165, 1.54) is 5.57 Å². The third-order valence-corrected chi connectivity index (χ3v) is 3.65. The molecule has 1 nitrogen and oxygen atoms in total. The first-order valence-corrected chi connectivity index (χ1v) is 5.03. The quantitative estimate of drug-likeness (QED) is 0.602. The summed E-state index contributed by atoms with van der Waals surface area (Å²) in [5, 5.41) is 9.60. The molecule has 0 bridgehead atoms. The molecule has 13 heavy (non-hydrogen) atoms. The van der Waals surface area contributed by atoms with Crippen molar-refractivity contribution in [3.63, 3.8) is 0 Å². The van der Waals surface area contributed by atoms with Gasteiger partial charge in [0.05, 0.1) is 6.10 Å². The van der Waals surface area contributed by atoms with E-state index in [9.17, 15) is 5.11 Å². The van der Waals surface area contributed by atoms with Crippen LogP contribution in [0.25, 0.3) is 0 Å². The maximum atomic E-state index is 9.60. The van der Waals surface area contributed by atoms with Crippen LogP contribution in [-0.2, 0) is 0 Å². The highest BCUT2D eigenvalue weighted by Gasteiger charge is 2.44. The molecule has 3 rings (SSSR count). The van der Waals surface area contributed by atoms with E-state index in [-0.39, 0.29) is 6.10 Å². The first-order chi connectivity index (χ1) is 6.27. The van der Waals surface area contributed by atoms with Gasteiger partial charge in [0.25, 0.3) is 0 Å². The Labute approximate surface area is 78.5 Å². The molecule has 1 N–H and O–H groups in total. The molecule has 0 aromatic rings. The van der Waals surface area contributed by atoms with Gasteiger partial charge in [0.15, 0.2) is 0 Å². The molecule has 0 spiro atoms. The van der Waals surface area contributed by atoms with Gasteiger partial charge in [-0.2, -0.15) is 0 Å². The Morgan fingerprint density at radius 3 is 2.62 bits per heavy atom. The smallest absolute Gasteiger partial charge is 0.0728 e. The summed E-state index contributed by atoms with van der Waals surface area (Å²) in [6.07, 6.45) is 11.2. The van der Waals surface area contributed by atoms with Gasteiger partial charge >= 0.3 is 0 Å². The molecule has 3 aliphatic carbocycles. The van der Waals surface area contributed by atoms with Gasteiger partial charge in [-0.1, -0.05) is 30.4 Å². The van der Waals surface area contributed by atoms with Crippen molar-refractivity contribution in [1.29, 1.82) is 0 Å². The summed E-state index contributed by atoms with van der Waals surface area (Å²) in [5.41, 5.74) is 1.23. The van der Waals surface area contributed by atoms with Crippen molar-refractivity contribution in [2.24, 2.45) is 23.7 Å². The van der Waals surface area contributed by atoms with Crippen LogP contribution >= 0.6 is 0 Å². The summed E-state index contributed by atoms with van der Waals surface area (Å²) < 4.78 is 0. The van der Waals surface area contributed by atoms with Crippen LogP contribution in [0.4, 0.5) is 0 Å². The van der Waals surface area contributed by atoms with Crippen LogP contribution in [0.5, 0.6) is 0 Å². The fourth-order valence-electron chi connectivity index (χ4n) is 3.07. The van der Waals surface area contributed by atoms with Crippen LogP contribution in [0.2, 0.25) is 0 Å². The highest BCUT2D eigenvalue weighted by atomic mass is 16.3. The van der Waals surface area contributed by atoms with Crippen molar-refractivity contribution in [2.75, 3.05) is 0 Å². The summed E-state index contributed by atoms with van der Waals surface area (Å²) in [6.45, 7) is 1.87. The Balaban J connectivity index is 2.02. The van der Waals surface area contributed by atoms with E-state index in [4.69, 9.17) is 0 Å². The molecule has 0 aliphatic heterocycles. The Morgan fingerprint density at radius 1 is 1.15 bits per heavy atom. The lowest BCUT2D eigenvalue weighted by atomic mass is 9.86. The van der Waals surface area contributed by atoms with Gasteiger partial charge in [0.2, 0.25) is 0 Å². The highest BCUT2D eigenvalue weighted by molar-refractivity contribution is 5.38. The molecule has 0 aromatic heterocycles. The van der Waals surface area contributed by atoms with Crippen LogP contribution < -0.4 is 0 Å². The molecule has 0 unspecified atom stereocenters. The van der Waals surface area contributed by atoms with Gasteiger partial charge < -0.3 is 5.11 Å². The zero-order valence-electron chi connectivity index (χ0n) is 7.72. The van der Waals surface area contributed by atoms with Gasteiger partial charge in [-0.05, 0) is 30.3 Å². The van der Waals surface area contributed by atoms with Crippen molar-refractivity contribution in [2.45, 2.75) is 13.0 Å². The Kier molecular flexibility index (Phi) is 1.37. The zero-order valence-corrected chi connectivity index (χ0v) is 7.72. The van der Waals surface area contributed by atoms with Crippen molar-refractivity contribution >= 4 is 0 Å². The van der Waals surface area contributed by atoms with Crippen molar-refractivity contribution < 1.29 is 5.11 Å². The van der Waals surface area contributed by atoms with Crippen LogP contribution in [0, 0.1) is 23.7 Å². The largest absolute Gasteiger partial charge is 0.389 e. The van der Waals surface area contributed by atoms with E-state index in [1.54, 1.807) is 0 Å². The predicted octanol–water partition coefficient (Wildman–Crippen LogP) is 1.91. The second-order valence-electron chi connectivity index (χ2n) is 4.37. The highest BCUT2D eigenvalue weighted by Crippen LogP contribution is 2.51. The molecule has 1 heteroatoms. The number of allylic oxidation sites excluding steroid dienone is 5. The normalized spacial score (nSPS) is 46.8. The molecule has 0 radical (unpaired) electrons. The Morgan fingerprint density at radius 2 is 1.85 bits per heavy atom. The third kappa shape index (κ3) is 0.856. The first kappa shape index (κ1) is 7.57. The SMILES string of the molecule is C[C@H](O)C1=C[C@@H]2C=C[C@@H]3C=C[C@H]1[C@H]32. The summed E-state index contributed by atoms with van der Waals surface area (Å²) in [7, 11) is 0. The van der Waals surface area contributed by atoms with Gasteiger partial charge in [0, 0.05) is 5.92 Å². The van der Waals surface area contributed by atoms with Crippen LogP contribution in [0.1, 0.15) is 6.92 Å². The molecule has 68 valence electrons. The summed E-state index contributed by atoms with van der Waals surface area (Å²) in [4.78, 5) is 0. The molecule has 0 saturated heterocycles. The van der Waals surface area contributed by atoms with E-state index in [1.807, 2.05) is 6.92 Å². The molecule has 0 aromatic carbocycles. The molecule has 3 aliphatic rings. The molecule has 0 amide bonds. The van der Waals surface area contributed by atoms with E-state index in [0.29, 0.717) is 23.7 Å². The molecular weight excluding hydrogens is 160 g/mol. The number of aliphatic hydroxyl groups is 1. The topological polar surface area (TPSA) is 20.2 Å². The average molecular weight is 174 g/mol. The Hall–Kier alpha value is -0.820. The fourth-order valence-corrected chi connectivity index (χ4v) is 3.07. The van der Waals surface area contributed by atoms with E-state index in [0.717, 1.165) is 0 Å². The second kappa shape index (κ2) is 2.36. The number of hydrogen-bond donors (Lipinski definition) is 1. The minimum absolute atomic E-state index is 0.271. The summed E-state index contributed by atoms with van der Waals surface area (Å²) >= 11 is 0. The second-order valence-corrected chi connectivity index (χ2v) is 4.37. The van der Waals surface area contributed by atoms with Crippen molar-refractivity contribution in [1.82, 2.24) is 0 Å². The van der Waals surface area contributed by atoms with Crippen LogP contribution in [0.3, 0.4) is 0 Å². The standard InChI is InChI=1S/C12H14O/c1-7(13)11-6-9-3-2-8-4-5-10(11)12(8)9/h2-10,12-13H,1H3/t7-,8+,9-,10+,12+/m0/s1. The monoisotopic (exact) mass is 174 g/mol. The Bertz CT molecular complexity index is 322. The van der Waals surface area contributed by atoms with Gasteiger partial charge in [-0.3, -0.25) is 0 Å². The van der Waals surface area contributed by atoms with E-state index < -0.39 is 0 Å². The van der Waals surface area contributed by atoms with E-state index in [2.05, 4.69) is 30.4 Å². The molecule has 0 heterocycles. The number of hydrogen-bond acceptors (Lipinski definition) is 1. The summed E-state index contributed by atoms with van der Waals surface area (Å²) in [5.74, 6) is 2.46. The first-order valence-electron chi connectivity index (χ1n) is 5.03. The minimum atomic E-state index is -0.271. The van der Waals surface area contributed by atoms with Crippen LogP contribution in [0.15, 0.2) is 36.0 Å². The van der Waals surface area contributed by atoms with Crippen molar-refractivity contribution in [3.8, 4) is 0 Å². The average Bonchev–Trinajstić information content (AvgIpc) is 2.72. The van der Waals surface area contributed by atoms with Gasteiger partial charge in [-0.15, -0.1) is 0 Å². The lowest BCUT2D eigenvalue weighted by Crippen LogP contribution is -2.16. The molecule has 0 fully saturated rings. The van der Waals surface area contributed by atoms with Gasteiger partial charge in [-0.25, -0.2) is 0 Å². The number of aliphatic hydroxyl groups excluding tert-OH is 1. The lowest BCUT2D eigenvalue weighted by molar-refractivity contribution is 0.217. The minimum Gasteiger partial charge on any atom is -0.389 e. The third-order valence-electron chi connectivity index (χ3n) is 3.65.